The summed E-state index contributed by atoms with van der Waals surface area (Å²) in [6.07, 6.45) is 1.15. The zero-order valence-electron chi connectivity index (χ0n) is 9.03. The normalized spacial score (nSPS) is 11.2. The minimum Gasteiger partial charge on any atom is -0.367 e. The first-order valence-electron chi connectivity index (χ1n) is 4.62. The highest BCUT2D eigenvalue weighted by molar-refractivity contribution is 6.33. The molecule has 0 radical (unpaired) electrons. The molecule has 1 aromatic heterocycles. The Kier molecular flexibility index (Phi) is 3.66. The van der Waals surface area contributed by atoms with Gasteiger partial charge in [-0.2, -0.15) is 0 Å². The molecule has 1 rings (SSSR count). The standard InChI is InChI=1S/C9H13ClN4O2/c1-9(2,11)5-13-8-7(10)3-6(4-12-8)14(15)16/h3-4H,5,11H2,1-2H3,(H,12,13). The third kappa shape index (κ3) is 3.63. The maximum Gasteiger partial charge on any atom is 0.289 e. The van der Waals surface area contributed by atoms with Gasteiger partial charge in [0.1, 0.15) is 12.0 Å². The molecule has 1 heterocycles. The Labute approximate surface area is 98.0 Å². The van der Waals surface area contributed by atoms with Crippen LogP contribution in [0.2, 0.25) is 5.02 Å². The summed E-state index contributed by atoms with van der Waals surface area (Å²) >= 11 is 5.83. The summed E-state index contributed by atoms with van der Waals surface area (Å²) in [5, 5.41) is 13.6. The topological polar surface area (TPSA) is 94.1 Å². The fourth-order valence-corrected chi connectivity index (χ4v) is 1.20. The van der Waals surface area contributed by atoms with Crippen molar-refractivity contribution >= 4 is 23.1 Å². The lowest BCUT2D eigenvalue weighted by atomic mass is 10.1. The van der Waals surface area contributed by atoms with E-state index in [9.17, 15) is 10.1 Å². The van der Waals surface area contributed by atoms with Gasteiger partial charge >= 0.3 is 0 Å². The highest BCUT2D eigenvalue weighted by Gasteiger charge is 2.14. The highest BCUT2D eigenvalue weighted by atomic mass is 35.5. The Morgan fingerprint density at radius 2 is 2.31 bits per heavy atom. The first kappa shape index (κ1) is 12.7. The van der Waals surface area contributed by atoms with Crippen LogP contribution in [-0.4, -0.2) is 22.0 Å². The van der Waals surface area contributed by atoms with E-state index >= 15 is 0 Å². The van der Waals surface area contributed by atoms with E-state index in [-0.39, 0.29) is 10.7 Å². The van der Waals surface area contributed by atoms with Crippen molar-refractivity contribution in [2.24, 2.45) is 5.73 Å². The fourth-order valence-electron chi connectivity index (χ4n) is 0.969. The third-order valence-corrected chi connectivity index (χ3v) is 2.04. The predicted molar refractivity (Wildman–Crippen MR) is 62.7 cm³/mol. The van der Waals surface area contributed by atoms with Crippen molar-refractivity contribution in [3.63, 3.8) is 0 Å². The molecule has 7 heteroatoms. The Balaban J connectivity index is 2.80. The van der Waals surface area contributed by atoms with Gasteiger partial charge in [-0.1, -0.05) is 11.6 Å². The van der Waals surface area contributed by atoms with Crippen molar-refractivity contribution in [3.05, 3.63) is 27.4 Å². The van der Waals surface area contributed by atoms with Crippen LogP contribution in [0.25, 0.3) is 0 Å². The highest BCUT2D eigenvalue weighted by Crippen LogP contribution is 2.23. The number of hydrogen-bond donors (Lipinski definition) is 2. The molecule has 0 fully saturated rings. The van der Waals surface area contributed by atoms with E-state index < -0.39 is 10.5 Å². The molecule has 1 aromatic rings. The second-order valence-electron chi connectivity index (χ2n) is 4.12. The Hall–Kier alpha value is -1.40. The average molecular weight is 245 g/mol. The van der Waals surface area contributed by atoms with Crippen LogP contribution in [0.15, 0.2) is 12.3 Å². The van der Waals surface area contributed by atoms with E-state index in [1.165, 1.54) is 6.07 Å². The molecule has 0 spiro atoms. The number of rotatable bonds is 4. The van der Waals surface area contributed by atoms with Crippen molar-refractivity contribution in [1.29, 1.82) is 0 Å². The lowest BCUT2D eigenvalue weighted by molar-refractivity contribution is -0.385. The van der Waals surface area contributed by atoms with Gasteiger partial charge in [0, 0.05) is 18.2 Å². The molecular weight excluding hydrogens is 232 g/mol. The van der Waals surface area contributed by atoms with Crippen molar-refractivity contribution in [1.82, 2.24) is 4.98 Å². The van der Waals surface area contributed by atoms with E-state index in [0.717, 1.165) is 6.20 Å². The molecule has 0 aliphatic heterocycles. The van der Waals surface area contributed by atoms with Crippen molar-refractivity contribution in [3.8, 4) is 0 Å². The number of pyridine rings is 1. The Morgan fingerprint density at radius 1 is 1.69 bits per heavy atom. The van der Waals surface area contributed by atoms with Gasteiger partial charge in [0.05, 0.1) is 9.95 Å². The molecule has 16 heavy (non-hydrogen) atoms. The molecule has 0 saturated carbocycles. The first-order chi connectivity index (χ1) is 7.29. The van der Waals surface area contributed by atoms with Gasteiger partial charge in [0.15, 0.2) is 0 Å². The van der Waals surface area contributed by atoms with Crippen molar-refractivity contribution in [2.45, 2.75) is 19.4 Å². The SMILES string of the molecule is CC(C)(N)CNc1ncc([N+](=O)[O-])cc1Cl. The maximum absolute atomic E-state index is 10.4. The number of nitro groups is 1. The molecule has 0 unspecified atom stereocenters. The van der Waals surface area contributed by atoms with Crippen molar-refractivity contribution < 1.29 is 4.92 Å². The molecule has 0 saturated heterocycles. The number of nitrogens with zero attached hydrogens (tertiary/aromatic N) is 2. The van der Waals surface area contributed by atoms with Crippen LogP contribution >= 0.6 is 11.6 Å². The van der Waals surface area contributed by atoms with Crippen LogP contribution in [-0.2, 0) is 0 Å². The van der Waals surface area contributed by atoms with Crippen LogP contribution in [0.4, 0.5) is 11.5 Å². The number of anilines is 1. The van der Waals surface area contributed by atoms with Crippen LogP contribution in [0, 0.1) is 10.1 Å². The summed E-state index contributed by atoms with van der Waals surface area (Å²) in [6, 6.07) is 1.25. The Morgan fingerprint density at radius 3 is 2.75 bits per heavy atom. The lowest BCUT2D eigenvalue weighted by Gasteiger charge is -2.19. The minimum atomic E-state index is -0.546. The number of halogens is 1. The summed E-state index contributed by atoms with van der Waals surface area (Å²) in [4.78, 5) is 13.8. The quantitative estimate of drug-likeness (QED) is 0.622. The second-order valence-corrected chi connectivity index (χ2v) is 4.53. The van der Waals surface area contributed by atoms with E-state index in [0.29, 0.717) is 12.4 Å². The first-order valence-corrected chi connectivity index (χ1v) is 5.00. The van der Waals surface area contributed by atoms with Gasteiger partial charge in [-0.3, -0.25) is 10.1 Å². The van der Waals surface area contributed by atoms with Gasteiger partial charge in [-0.05, 0) is 13.8 Å². The van der Waals surface area contributed by atoms with Crippen LogP contribution in [0.1, 0.15) is 13.8 Å². The molecule has 0 atom stereocenters. The summed E-state index contributed by atoms with van der Waals surface area (Å²) in [5.41, 5.74) is 5.22. The largest absolute Gasteiger partial charge is 0.367 e. The molecule has 0 aliphatic rings. The van der Waals surface area contributed by atoms with Gasteiger partial charge in [-0.15, -0.1) is 0 Å². The van der Waals surface area contributed by atoms with Crippen LogP contribution in [0.3, 0.4) is 0 Å². The van der Waals surface area contributed by atoms with E-state index in [4.69, 9.17) is 17.3 Å². The van der Waals surface area contributed by atoms with E-state index in [2.05, 4.69) is 10.3 Å². The van der Waals surface area contributed by atoms with Gasteiger partial charge in [0.25, 0.3) is 5.69 Å². The molecule has 0 amide bonds. The van der Waals surface area contributed by atoms with Crippen LogP contribution in [0.5, 0.6) is 0 Å². The van der Waals surface area contributed by atoms with Gasteiger partial charge < -0.3 is 11.1 Å². The molecule has 0 bridgehead atoms. The number of nitrogens with two attached hydrogens (primary N) is 1. The summed E-state index contributed by atoms with van der Waals surface area (Å²) in [7, 11) is 0. The zero-order chi connectivity index (χ0) is 12.3. The second kappa shape index (κ2) is 4.63. The van der Waals surface area contributed by atoms with E-state index in [1.54, 1.807) is 0 Å². The molecule has 3 N–H and O–H groups in total. The molecule has 88 valence electrons. The minimum absolute atomic E-state index is 0.137. The smallest absolute Gasteiger partial charge is 0.289 e. The zero-order valence-corrected chi connectivity index (χ0v) is 9.78. The summed E-state index contributed by atoms with van der Waals surface area (Å²) in [5.74, 6) is 0.394. The lowest BCUT2D eigenvalue weighted by Crippen LogP contribution is -2.39. The molecule has 6 nitrogen and oxygen atoms in total. The van der Waals surface area contributed by atoms with Crippen LogP contribution < -0.4 is 11.1 Å². The maximum atomic E-state index is 10.4. The fraction of sp³-hybridized carbons (Fsp3) is 0.444. The van der Waals surface area contributed by atoms with Crippen molar-refractivity contribution in [2.75, 3.05) is 11.9 Å². The molecular formula is C9H13ClN4O2. The van der Waals surface area contributed by atoms with Gasteiger partial charge in [-0.25, -0.2) is 4.98 Å². The molecule has 0 aromatic carbocycles. The van der Waals surface area contributed by atoms with E-state index in [1.807, 2.05) is 13.8 Å². The number of hydrogen-bond acceptors (Lipinski definition) is 5. The summed E-state index contributed by atoms with van der Waals surface area (Å²) < 4.78 is 0. The monoisotopic (exact) mass is 244 g/mol. The Bertz CT molecular complexity index is 403. The average Bonchev–Trinajstić information content (AvgIpc) is 2.14. The summed E-state index contributed by atoms with van der Waals surface area (Å²) in [6.45, 7) is 4.16. The molecule has 0 aliphatic carbocycles. The van der Waals surface area contributed by atoms with Gasteiger partial charge in [0.2, 0.25) is 0 Å². The predicted octanol–water partition coefficient (Wildman–Crippen LogP) is 1.79. The third-order valence-electron chi connectivity index (χ3n) is 1.75. The number of aromatic nitrogens is 1. The number of nitrogens with one attached hydrogen (secondary N) is 1.